The number of hydrazone groups is 1. The van der Waals surface area contributed by atoms with Crippen LogP contribution in [0.15, 0.2) is 71.8 Å². The first-order chi connectivity index (χ1) is 21.9. The molecule has 1 saturated carbocycles. The van der Waals surface area contributed by atoms with E-state index in [0.717, 1.165) is 44.9 Å². The van der Waals surface area contributed by atoms with Crippen LogP contribution in [0.25, 0.3) is 0 Å². The highest BCUT2D eigenvalue weighted by atomic mass is 16.6. The fourth-order valence-electron chi connectivity index (χ4n) is 4.72. The highest BCUT2D eigenvalue weighted by Crippen LogP contribution is 2.29. The third-order valence-corrected chi connectivity index (χ3v) is 7.19. The van der Waals surface area contributed by atoms with Gasteiger partial charge in [0.2, 0.25) is 0 Å². The number of carbonyl (C=O) groups is 4. The monoisotopic (exact) mass is 614 g/mol. The Morgan fingerprint density at radius 3 is 2.40 bits per heavy atom. The van der Waals surface area contributed by atoms with E-state index in [1.54, 1.807) is 60.7 Å². The van der Waals surface area contributed by atoms with Gasteiger partial charge < -0.3 is 24.8 Å². The molecule has 3 aromatic rings. The molecule has 0 radical (unpaired) electrons. The quantitative estimate of drug-likeness (QED) is 0.0632. The molecule has 0 aliphatic heterocycles. The van der Waals surface area contributed by atoms with Crippen molar-refractivity contribution >= 4 is 35.6 Å². The molecule has 0 atom stereocenters. The van der Waals surface area contributed by atoms with Crippen molar-refractivity contribution in [2.45, 2.75) is 57.9 Å². The molecule has 3 aromatic carbocycles. The van der Waals surface area contributed by atoms with Gasteiger partial charge >= 0.3 is 17.8 Å². The van der Waals surface area contributed by atoms with Crippen LogP contribution >= 0.6 is 0 Å². The molecular weight excluding hydrogens is 576 g/mol. The Labute approximate surface area is 262 Å². The minimum absolute atomic E-state index is 0.0974. The molecule has 45 heavy (non-hydrogen) atoms. The Hall–Kier alpha value is -5.19. The minimum atomic E-state index is -1.02. The van der Waals surface area contributed by atoms with Gasteiger partial charge in [0.15, 0.2) is 11.5 Å². The maximum atomic E-state index is 12.8. The fourth-order valence-corrected chi connectivity index (χ4v) is 4.72. The number of hydrogen-bond acceptors (Lipinski definition) is 8. The zero-order chi connectivity index (χ0) is 32.0. The van der Waals surface area contributed by atoms with Crippen molar-refractivity contribution in [1.82, 2.24) is 10.7 Å². The van der Waals surface area contributed by atoms with E-state index in [1.807, 2.05) is 0 Å². The van der Waals surface area contributed by atoms with Gasteiger partial charge in [0, 0.05) is 6.04 Å². The predicted molar refractivity (Wildman–Crippen MR) is 170 cm³/mol. The molecule has 236 valence electrons. The van der Waals surface area contributed by atoms with E-state index < -0.39 is 17.8 Å². The SMILES string of the molecule is CCCCOc1ccc(C(=O)Oc2ccc(C=NNC(=O)C(=O)Nc3ccccc3C(=O)NC3CCCCC3)cc2OC)cc1. The van der Waals surface area contributed by atoms with Gasteiger partial charge in [-0.05, 0) is 79.4 Å². The predicted octanol–water partition coefficient (Wildman–Crippen LogP) is 5.24. The van der Waals surface area contributed by atoms with E-state index >= 15 is 0 Å². The minimum Gasteiger partial charge on any atom is -0.494 e. The zero-order valence-corrected chi connectivity index (χ0v) is 25.5. The van der Waals surface area contributed by atoms with E-state index in [4.69, 9.17) is 14.2 Å². The number of methoxy groups -OCH3 is 1. The van der Waals surface area contributed by atoms with E-state index in [9.17, 15) is 19.2 Å². The topological polar surface area (TPSA) is 144 Å². The largest absolute Gasteiger partial charge is 0.494 e. The molecule has 11 heteroatoms. The second-order valence-electron chi connectivity index (χ2n) is 10.5. The number of carbonyl (C=O) groups excluding carboxylic acids is 4. The van der Waals surface area contributed by atoms with Crippen LogP contribution in [0.5, 0.6) is 17.2 Å². The summed E-state index contributed by atoms with van der Waals surface area (Å²) in [4.78, 5) is 50.5. The van der Waals surface area contributed by atoms with Crippen LogP contribution in [0.4, 0.5) is 5.69 Å². The van der Waals surface area contributed by atoms with E-state index in [-0.39, 0.29) is 34.7 Å². The maximum Gasteiger partial charge on any atom is 0.343 e. The van der Waals surface area contributed by atoms with Gasteiger partial charge in [-0.2, -0.15) is 5.10 Å². The molecule has 3 amide bonds. The van der Waals surface area contributed by atoms with E-state index in [1.165, 1.54) is 19.4 Å². The summed E-state index contributed by atoms with van der Waals surface area (Å²) in [7, 11) is 1.43. The Morgan fingerprint density at radius 1 is 0.911 bits per heavy atom. The summed E-state index contributed by atoms with van der Waals surface area (Å²) < 4.78 is 16.5. The summed E-state index contributed by atoms with van der Waals surface area (Å²) in [5, 5.41) is 9.35. The molecule has 1 aliphatic rings. The fraction of sp³-hybridized carbons (Fsp3) is 0.324. The Bertz CT molecular complexity index is 1520. The van der Waals surface area contributed by atoms with Crippen LogP contribution in [0.2, 0.25) is 0 Å². The third kappa shape index (κ3) is 9.65. The average Bonchev–Trinajstić information content (AvgIpc) is 3.06. The lowest BCUT2D eigenvalue weighted by atomic mass is 9.95. The van der Waals surface area contributed by atoms with Crippen LogP contribution in [0.3, 0.4) is 0 Å². The number of nitrogens with zero attached hydrogens (tertiary/aromatic N) is 1. The van der Waals surface area contributed by atoms with Gasteiger partial charge in [-0.15, -0.1) is 0 Å². The van der Waals surface area contributed by atoms with Crippen molar-refractivity contribution in [2.24, 2.45) is 5.10 Å². The van der Waals surface area contributed by atoms with Gasteiger partial charge in [0.1, 0.15) is 5.75 Å². The second-order valence-corrected chi connectivity index (χ2v) is 10.5. The van der Waals surface area contributed by atoms with Crippen molar-refractivity contribution in [3.05, 3.63) is 83.4 Å². The molecule has 11 nitrogen and oxygen atoms in total. The average molecular weight is 615 g/mol. The normalized spacial score (nSPS) is 13.1. The Kier molecular flexibility index (Phi) is 12.1. The van der Waals surface area contributed by atoms with Gasteiger partial charge in [0.25, 0.3) is 5.91 Å². The first-order valence-electron chi connectivity index (χ1n) is 15.0. The Morgan fingerprint density at radius 2 is 1.67 bits per heavy atom. The number of para-hydroxylation sites is 1. The number of anilines is 1. The molecule has 0 aromatic heterocycles. The number of benzene rings is 3. The van der Waals surface area contributed by atoms with Crippen molar-refractivity contribution in [3.8, 4) is 17.2 Å². The number of unbranched alkanes of at least 4 members (excludes halogenated alkanes) is 1. The molecule has 1 aliphatic carbocycles. The summed E-state index contributed by atoms with van der Waals surface area (Å²) in [6.45, 7) is 2.69. The number of nitrogens with one attached hydrogen (secondary N) is 3. The molecule has 0 saturated heterocycles. The van der Waals surface area contributed by atoms with Crippen LogP contribution in [-0.2, 0) is 9.59 Å². The molecule has 3 N–H and O–H groups in total. The van der Waals surface area contributed by atoms with Crippen LogP contribution in [-0.4, -0.2) is 49.7 Å². The van der Waals surface area contributed by atoms with Crippen LogP contribution < -0.4 is 30.3 Å². The van der Waals surface area contributed by atoms with E-state index in [0.29, 0.717) is 23.5 Å². The Balaban J connectivity index is 1.31. The molecule has 0 spiro atoms. The van der Waals surface area contributed by atoms with E-state index in [2.05, 4.69) is 28.1 Å². The van der Waals surface area contributed by atoms with Crippen molar-refractivity contribution in [1.29, 1.82) is 0 Å². The first-order valence-corrected chi connectivity index (χ1v) is 15.0. The van der Waals surface area contributed by atoms with Crippen LogP contribution in [0.1, 0.15) is 78.1 Å². The number of rotatable bonds is 12. The number of ether oxygens (including phenoxy) is 3. The van der Waals surface area contributed by atoms with Crippen molar-refractivity contribution in [3.63, 3.8) is 0 Å². The molecule has 0 unspecified atom stereocenters. The second kappa shape index (κ2) is 16.6. The lowest BCUT2D eigenvalue weighted by Crippen LogP contribution is -2.37. The van der Waals surface area contributed by atoms with Gasteiger partial charge in [-0.25, -0.2) is 10.2 Å². The molecule has 0 bridgehead atoms. The smallest absolute Gasteiger partial charge is 0.343 e. The zero-order valence-electron chi connectivity index (χ0n) is 25.5. The summed E-state index contributed by atoms with van der Waals surface area (Å²) in [6.07, 6.45) is 8.43. The number of esters is 1. The molecule has 0 heterocycles. The lowest BCUT2D eigenvalue weighted by molar-refractivity contribution is -0.136. The van der Waals surface area contributed by atoms with Crippen molar-refractivity contribution in [2.75, 3.05) is 19.0 Å². The number of amides is 3. The highest BCUT2D eigenvalue weighted by Gasteiger charge is 2.21. The van der Waals surface area contributed by atoms with Crippen molar-refractivity contribution < 1.29 is 33.4 Å². The summed E-state index contributed by atoms with van der Waals surface area (Å²) >= 11 is 0. The van der Waals surface area contributed by atoms with Gasteiger partial charge in [-0.3, -0.25) is 14.4 Å². The van der Waals surface area contributed by atoms with Gasteiger partial charge in [-0.1, -0.05) is 44.7 Å². The summed E-state index contributed by atoms with van der Waals surface area (Å²) in [6, 6.07) is 18.0. The summed E-state index contributed by atoms with van der Waals surface area (Å²) in [5.41, 5.74) is 3.52. The number of hydrogen-bond donors (Lipinski definition) is 3. The third-order valence-electron chi connectivity index (χ3n) is 7.19. The van der Waals surface area contributed by atoms with Crippen LogP contribution in [0, 0.1) is 0 Å². The summed E-state index contributed by atoms with van der Waals surface area (Å²) in [5.74, 6) is -1.74. The maximum absolute atomic E-state index is 12.8. The molecule has 1 fully saturated rings. The highest BCUT2D eigenvalue weighted by molar-refractivity contribution is 6.40. The lowest BCUT2D eigenvalue weighted by Gasteiger charge is -2.23. The first kappa shape index (κ1) is 32.7. The molecule has 4 rings (SSSR count). The van der Waals surface area contributed by atoms with Gasteiger partial charge in [0.05, 0.1) is 36.7 Å². The standard InChI is InChI=1S/C34H38N4O7/c1-3-4-20-44-26-17-15-24(16-18-26)34(42)45-29-19-14-23(21-30(29)43-2)22-35-38-33(41)32(40)37-28-13-9-8-12-27(28)31(39)36-25-10-6-5-7-11-25/h8-9,12-19,21-22,25H,3-7,10-11,20H2,1-2H3,(H,36,39)(H,37,40)(H,38,41). The molecular formula is C34H38N4O7.